The van der Waals surface area contributed by atoms with E-state index < -0.39 is 0 Å². The molecular weight excluding hydrogens is 198 g/mol. The zero-order valence-corrected chi connectivity index (χ0v) is 10.8. The van der Waals surface area contributed by atoms with E-state index in [1.165, 1.54) is 24.1 Å². The second kappa shape index (κ2) is 4.58. The SMILES string of the molecule is Cc1n[nH]c(C)c1CNC1CCC(C)C1C. The first kappa shape index (κ1) is 11.6. The number of aryl methyl sites for hydroxylation is 2. The minimum absolute atomic E-state index is 0.684. The van der Waals surface area contributed by atoms with Crippen molar-refractivity contribution >= 4 is 0 Å². The average molecular weight is 221 g/mol. The number of aromatic amines is 1. The largest absolute Gasteiger partial charge is 0.310 e. The highest BCUT2D eigenvalue weighted by molar-refractivity contribution is 5.22. The number of hydrogen-bond acceptors (Lipinski definition) is 2. The number of rotatable bonds is 3. The fourth-order valence-electron chi connectivity index (χ4n) is 2.72. The van der Waals surface area contributed by atoms with Gasteiger partial charge in [-0.1, -0.05) is 13.8 Å². The molecule has 0 amide bonds. The minimum atomic E-state index is 0.684. The molecule has 3 atom stereocenters. The third-order valence-corrected chi connectivity index (χ3v) is 4.29. The first-order valence-electron chi connectivity index (χ1n) is 6.33. The number of H-pyrrole nitrogens is 1. The Kier molecular flexibility index (Phi) is 3.33. The van der Waals surface area contributed by atoms with Gasteiger partial charge in [-0.05, 0) is 38.5 Å². The van der Waals surface area contributed by atoms with Crippen molar-refractivity contribution in [2.24, 2.45) is 11.8 Å². The summed E-state index contributed by atoms with van der Waals surface area (Å²) in [7, 11) is 0. The first-order valence-corrected chi connectivity index (χ1v) is 6.33. The highest BCUT2D eigenvalue weighted by Crippen LogP contribution is 2.31. The Morgan fingerprint density at radius 1 is 1.31 bits per heavy atom. The van der Waals surface area contributed by atoms with Gasteiger partial charge in [-0.15, -0.1) is 0 Å². The molecule has 1 aliphatic rings. The molecule has 1 aromatic heterocycles. The number of aromatic nitrogens is 2. The lowest BCUT2D eigenvalue weighted by atomic mass is 9.97. The Bertz CT molecular complexity index is 337. The summed E-state index contributed by atoms with van der Waals surface area (Å²) in [5.41, 5.74) is 3.67. The van der Waals surface area contributed by atoms with E-state index >= 15 is 0 Å². The number of hydrogen-bond donors (Lipinski definition) is 2. The fourth-order valence-corrected chi connectivity index (χ4v) is 2.72. The fraction of sp³-hybridized carbons (Fsp3) is 0.769. The highest BCUT2D eigenvalue weighted by Gasteiger charge is 2.29. The van der Waals surface area contributed by atoms with E-state index in [1.807, 2.05) is 0 Å². The van der Waals surface area contributed by atoms with Gasteiger partial charge in [0.25, 0.3) is 0 Å². The summed E-state index contributed by atoms with van der Waals surface area (Å²) in [5.74, 6) is 1.66. The summed E-state index contributed by atoms with van der Waals surface area (Å²) in [4.78, 5) is 0. The molecule has 3 unspecified atom stereocenters. The van der Waals surface area contributed by atoms with Crippen LogP contribution in [0, 0.1) is 25.7 Å². The molecule has 0 bridgehead atoms. The Hall–Kier alpha value is -0.830. The summed E-state index contributed by atoms with van der Waals surface area (Å²) < 4.78 is 0. The Labute approximate surface area is 98.0 Å². The maximum Gasteiger partial charge on any atom is 0.0638 e. The second-order valence-electron chi connectivity index (χ2n) is 5.31. The van der Waals surface area contributed by atoms with Gasteiger partial charge in [0.1, 0.15) is 0 Å². The third-order valence-electron chi connectivity index (χ3n) is 4.29. The summed E-state index contributed by atoms with van der Waals surface area (Å²) in [6.07, 6.45) is 2.68. The monoisotopic (exact) mass is 221 g/mol. The van der Waals surface area contributed by atoms with Crippen LogP contribution in [0.2, 0.25) is 0 Å². The predicted octanol–water partition coefficient (Wildman–Crippen LogP) is 2.55. The molecule has 1 fully saturated rings. The minimum Gasteiger partial charge on any atom is -0.310 e. The van der Waals surface area contributed by atoms with E-state index in [1.54, 1.807) is 0 Å². The van der Waals surface area contributed by atoms with Crippen LogP contribution in [0.1, 0.15) is 43.6 Å². The van der Waals surface area contributed by atoms with Crippen molar-refractivity contribution in [3.8, 4) is 0 Å². The summed E-state index contributed by atoms with van der Waals surface area (Å²) in [6, 6.07) is 0.684. The number of nitrogens with zero attached hydrogens (tertiary/aromatic N) is 1. The van der Waals surface area contributed by atoms with Crippen LogP contribution in [0.4, 0.5) is 0 Å². The van der Waals surface area contributed by atoms with Crippen LogP contribution in [0.5, 0.6) is 0 Å². The Morgan fingerprint density at radius 2 is 2.06 bits per heavy atom. The molecule has 90 valence electrons. The van der Waals surface area contributed by atoms with Gasteiger partial charge in [0.05, 0.1) is 5.69 Å². The molecule has 0 aliphatic heterocycles. The highest BCUT2D eigenvalue weighted by atomic mass is 15.1. The van der Waals surface area contributed by atoms with Crippen molar-refractivity contribution in [3.63, 3.8) is 0 Å². The zero-order chi connectivity index (χ0) is 11.7. The molecule has 0 spiro atoms. The van der Waals surface area contributed by atoms with Crippen molar-refractivity contribution in [1.29, 1.82) is 0 Å². The van der Waals surface area contributed by atoms with Crippen LogP contribution >= 0.6 is 0 Å². The Balaban J connectivity index is 1.93. The molecule has 1 saturated carbocycles. The normalized spacial score (nSPS) is 29.9. The molecule has 3 nitrogen and oxygen atoms in total. The molecule has 1 heterocycles. The lowest BCUT2D eigenvalue weighted by Gasteiger charge is -2.19. The van der Waals surface area contributed by atoms with Crippen LogP contribution in [-0.4, -0.2) is 16.2 Å². The molecule has 2 N–H and O–H groups in total. The molecule has 0 saturated heterocycles. The van der Waals surface area contributed by atoms with Crippen LogP contribution in [0.15, 0.2) is 0 Å². The lowest BCUT2D eigenvalue weighted by molar-refractivity contribution is 0.369. The Morgan fingerprint density at radius 3 is 2.56 bits per heavy atom. The van der Waals surface area contributed by atoms with Crippen molar-refractivity contribution in [1.82, 2.24) is 15.5 Å². The predicted molar refractivity (Wildman–Crippen MR) is 66.3 cm³/mol. The van der Waals surface area contributed by atoms with Crippen LogP contribution in [0.25, 0.3) is 0 Å². The van der Waals surface area contributed by atoms with Crippen LogP contribution in [-0.2, 0) is 6.54 Å². The van der Waals surface area contributed by atoms with E-state index in [0.717, 1.165) is 24.1 Å². The van der Waals surface area contributed by atoms with Crippen LogP contribution < -0.4 is 5.32 Å². The van der Waals surface area contributed by atoms with E-state index in [2.05, 4.69) is 43.2 Å². The smallest absolute Gasteiger partial charge is 0.0638 e. The van der Waals surface area contributed by atoms with E-state index in [9.17, 15) is 0 Å². The van der Waals surface area contributed by atoms with Gasteiger partial charge in [-0.2, -0.15) is 5.10 Å². The summed E-state index contributed by atoms with van der Waals surface area (Å²) in [5, 5.41) is 11.0. The van der Waals surface area contributed by atoms with Gasteiger partial charge < -0.3 is 5.32 Å². The van der Waals surface area contributed by atoms with Gasteiger partial charge in [0.2, 0.25) is 0 Å². The zero-order valence-electron chi connectivity index (χ0n) is 10.8. The van der Waals surface area contributed by atoms with Gasteiger partial charge in [-0.3, -0.25) is 5.10 Å². The van der Waals surface area contributed by atoms with Crippen molar-refractivity contribution < 1.29 is 0 Å². The molecule has 3 heteroatoms. The van der Waals surface area contributed by atoms with Crippen molar-refractivity contribution in [2.75, 3.05) is 0 Å². The van der Waals surface area contributed by atoms with Gasteiger partial charge in [-0.25, -0.2) is 0 Å². The molecule has 16 heavy (non-hydrogen) atoms. The maximum absolute atomic E-state index is 4.23. The maximum atomic E-state index is 4.23. The lowest BCUT2D eigenvalue weighted by Crippen LogP contribution is -2.32. The first-order chi connectivity index (χ1) is 7.59. The molecule has 2 rings (SSSR count). The van der Waals surface area contributed by atoms with E-state index in [0.29, 0.717) is 6.04 Å². The molecule has 1 aromatic rings. The van der Waals surface area contributed by atoms with Gasteiger partial charge in [0, 0.05) is 23.8 Å². The van der Waals surface area contributed by atoms with E-state index in [4.69, 9.17) is 0 Å². The van der Waals surface area contributed by atoms with Gasteiger partial charge in [0.15, 0.2) is 0 Å². The molecule has 0 aromatic carbocycles. The van der Waals surface area contributed by atoms with E-state index in [-0.39, 0.29) is 0 Å². The number of nitrogens with one attached hydrogen (secondary N) is 2. The molecule has 1 aliphatic carbocycles. The van der Waals surface area contributed by atoms with Crippen molar-refractivity contribution in [3.05, 3.63) is 17.0 Å². The standard InChI is InChI=1S/C13H23N3/c1-8-5-6-13(9(8)2)14-7-12-10(3)15-16-11(12)4/h8-9,13-14H,5-7H2,1-4H3,(H,15,16). The molecular formula is C13H23N3. The van der Waals surface area contributed by atoms with Gasteiger partial charge >= 0.3 is 0 Å². The second-order valence-corrected chi connectivity index (χ2v) is 5.31. The van der Waals surface area contributed by atoms with Crippen LogP contribution in [0.3, 0.4) is 0 Å². The molecule has 0 radical (unpaired) electrons. The topological polar surface area (TPSA) is 40.7 Å². The van der Waals surface area contributed by atoms with Crippen molar-refractivity contribution in [2.45, 2.75) is 53.1 Å². The summed E-state index contributed by atoms with van der Waals surface area (Å²) >= 11 is 0. The third kappa shape index (κ3) is 2.14. The quantitative estimate of drug-likeness (QED) is 0.823. The average Bonchev–Trinajstić information content (AvgIpc) is 2.73. The summed E-state index contributed by atoms with van der Waals surface area (Å²) in [6.45, 7) is 9.85.